The Bertz CT molecular complexity index is 151. The second-order valence-corrected chi connectivity index (χ2v) is 6.07. The smallest absolute Gasteiger partial charge is 0.0810 e. The Labute approximate surface area is 77.0 Å². The third kappa shape index (κ3) is 2.31. The van der Waals surface area contributed by atoms with Crippen LogP contribution >= 0.6 is 0 Å². The summed E-state index contributed by atoms with van der Waals surface area (Å²) in [4.78, 5) is 0. The van der Waals surface area contributed by atoms with E-state index in [2.05, 4.69) is 0 Å². The lowest BCUT2D eigenvalue weighted by Gasteiger charge is -2.34. The van der Waals surface area contributed by atoms with Gasteiger partial charge in [-0.2, -0.15) is 0 Å². The van der Waals surface area contributed by atoms with Gasteiger partial charge in [-0.1, -0.05) is 0 Å². The van der Waals surface area contributed by atoms with Crippen LogP contribution < -0.4 is 0 Å². The van der Waals surface area contributed by atoms with Gasteiger partial charge in [0.25, 0.3) is 0 Å². The minimum atomic E-state index is 0.310. The molecule has 70 valence electrons. The molecule has 2 fully saturated rings. The summed E-state index contributed by atoms with van der Waals surface area (Å²) >= 11 is 0. The standard InChI is InChI=1S/C9H18O2Si/c12-9(4-1-2-6-11-9)5-3-8-7-10-8/h8H,1-7H2,12H3. The molecule has 0 amide bonds. The lowest BCUT2D eigenvalue weighted by Crippen LogP contribution is -2.37. The lowest BCUT2D eigenvalue weighted by atomic mass is 10.0. The van der Waals surface area contributed by atoms with Crippen LogP contribution in [0.5, 0.6) is 0 Å². The molecule has 12 heavy (non-hydrogen) atoms. The summed E-state index contributed by atoms with van der Waals surface area (Å²) in [5.41, 5.74) is 0. The summed E-state index contributed by atoms with van der Waals surface area (Å²) in [6.07, 6.45) is 6.99. The summed E-state index contributed by atoms with van der Waals surface area (Å²) in [6.45, 7) is 1.99. The highest BCUT2D eigenvalue weighted by molar-refractivity contribution is 6.14. The van der Waals surface area contributed by atoms with Gasteiger partial charge in [0.1, 0.15) is 0 Å². The maximum atomic E-state index is 5.85. The van der Waals surface area contributed by atoms with Gasteiger partial charge in [0.15, 0.2) is 0 Å². The Kier molecular flexibility index (Phi) is 2.53. The molecule has 2 aliphatic heterocycles. The van der Waals surface area contributed by atoms with Crippen molar-refractivity contribution in [1.29, 1.82) is 0 Å². The van der Waals surface area contributed by atoms with Gasteiger partial charge < -0.3 is 9.47 Å². The van der Waals surface area contributed by atoms with Crippen LogP contribution in [0.3, 0.4) is 0 Å². The van der Waals surface area contributed by atoms with E-state index in [1.807, 2.05) is 0 Å². The summed E-state index contributed by atoms with van der Waals surface area (Å²) in [5, 5.41) is 0.310. The first-order valence-electron chi connectivity index (χ1n) is 5.04. The molecule has 0 aromatic heterocycles. The van der Waals surface area contributed by atoms with Crippen molar-refractivity contribution in [3.8, 4) is 0 Å². The van der Waals surface area contributed by atoms with E-state index in [-0.39, 0.29) is 0 Å². The van der Waals surface area contributed by atoms with Crippen LogP contribution in [-0.4, -0.2) is 34.8 Å². The van der Waals surface area contributed by atoms with Crippen LogP contribution in [-0.2, 0) is 9.47 Å². The SMILES string of the molecule is [SiH3]C1(CCC2CO2)CCCCO1. The Morgan fingerprint density at radius 1 is 1.42 bits per heavy atom. The molecule has 0 N–H and O–H groups in total. The van der Waals surface area contributed by atoms with E-state index >= 15 is 0 Å². The third-order valence-corrected chi connectivity index (χ3v) is 4.24. The van der Waals surface area contributed by atoms with Gasteiger partial charge in [0, 0.05) is 22.1 Å². The highest BCUT2D eigenvalue weighted by Crippen LogP contribution is 2.29. The Hall–Kier alpha value is 0.137. The quantitative estimate of drug-likeness (QED) is 0.471. The first-order valence-corrected chi connectivity index (χ1v) is 6.04. The maximum absolute atomic E-state index is 5.85. The topological polar surface area (TPSA) is 21.8 Å². The zero-order valence-corrected chi connectivity index (χ0v) is 9.84. The fourth-order valence-electron chi connectivity index (χ4n) is 1.89. The molecule has 2 atom stereocenters. The van der Waals surface area contributed by atoms with Gasteiger partial charge in [0.2, 0.25) is 0 Å². The van der Waals surface area contributed by atoms with Crippen LogP contribution in [0.2, 0.25) is 0 Å². The summed E-state index contributed by atoms with van der Waals surface area (Å²) in [5.74, 6) is 0. The molecule has 0 spiro atoms. The van der Waals surface area contributed by atoms with Crippen molar-refractivity contribution in [1.82, 2.24) is 0 Å². The van der Waals surface area contributed by atoms with Gasteiger partial charge >= 0.3 is 0 Å². The summed E-state index contributed by atoms with van der Waals surface area (Å²) in [7, 11) is 1.19. The molecule has 0 aromatic rings. The van der Waals surface area contributed by atoms with E-state index in [1.54, 1.807) is 0 Å². The monoisotopic (exact) mass is 186 g/mol. The van der Waals surface area contributed by atoms with Crippen LogP contribution in [0.25, 0.3) is 0 Å². The molecule has 0 radical (unpaired) electrons. The second-order valence-electron chi connectivity index (χ2n) is 4.25. The van der Waals surface area contributed by atoms with Crippen molar-refractivity contribution >= 4 is 10.2 Å². The highest BCUT2D eigenvalue weighted by Gasteiger charge is 2.31. The van der Waals surface area contributed by atoms with E-state index < -0.39 is 0 Å². The van der Waals surface area contributed by atoms with Gasteiger partial charge in [-0.3, -0.25) is 0 Å². The summed E-state index contributed by atoms with van der Waals surface area (Å²) < 4.78 is 11.1. The first kappa shape index (κ1) is 8.72. The molecule has 2 unspecified atom stereocenters. The van der Waals surface area contributed by atoms with Crippen LogP contribution in [0.1, 0.15) is 32.1 Å². The van der Waals surface area contributed by atoms with Crippen molar-refractivity contribution in [3.05, 3.63) is 0 Å². The number of epoxide rings is 1. The van der Waals surface area contributed by atoms with Crippen LogP contribution in [0.15, 0.2) is 0 Å². The Morgan fingerprint density at radius 2 is 2.25 bits per heavy atom. The molecule has 2 rings (SSSR count). The normalized spacial score (nSPS) is 41.5. The van der Waals surface area contributed by atoms with E-state index in [4.69, 9.17) is 9.47 Å². The predicted octanol–water partition coefficient (Wildman–Crippen LogP) is 0.428. The first-order chi connectivity index (χ1) is 5.79. The molecular formula is C9H18O2Si. The molecular weight excluding hydrogens is 168 g/mol. The molecule has 2 aliphatic rings. The number of hydrogen-bond acceptors (Lipinski definition) is 2. The number of ether oxygens (including phenoxy) is 2. The van der Waals surface area contributed by atoms with Gasteiger partial charge in [-0.25, -0.2) is 0 Å². The molecule has 0 saturated carbocycles. The molecule has 0 aromatic carbocycles. The molecule has 0 bridgehead atoms. The molecule has 3 heteroatoms. The second kappa shape index (κ2) is 3.48. The molecule has 0 aliphatic carbocycles. The van der Waals surface area contributed by atoms with Crippen molar-refractivity contribution in [2.45, 2.75) is 43.4 Å². The Morgan fingerprint density at radius 3 is 2.83 bits per heavy atom. The van der Waals surface area contributed by atoms with Gasteiger partial charge in [-0.15, -0.1) is 0 Å². The average molecular weight is 186 g/mol. The minimum absolute atomic E-state index is 0.310. The average Bonchev–Trinajstić information content (AvgIpc) is 2.85. The Balaban J connectivity index is 1.73. The van der Waals surface area contributed by atoms with E-state index in [9.17, 15) is 0 Å². The van der Waals surface area contributed by atoms with Crippen LogP contribution in [0.4, 0.5) is 0 Å². The zero-order chi connectivity index (χ0) is 8.44. The van der Waals surface area contributed by atoms with E-state index in [0.717, 1.165) is 13.2 Å². The van der Waals surface area contributed by atoms with E-state index in [0.29, 0.717) is 11.3 Å². The molecule has 2 nitrogen and oxygen atoms in total. The fraction of sp³-hybridized carbons (Fsp3) is 1.00. The van der Waals surface area contributed by atoms with Crippen LogP contribution in [0, 0.1) is 0 Å². The fourth-order valence-corrected chi connectivity index (χ4v) is 2.74. The maximum Gasteiger partial charge on any atom is 0.0810 e. The van der Waals surface area contributed by atoms with Crippen molar-refractivity contribution in [2.75, 3.05) is 13.2 Å². The number of rotatable bonds is 3. The van der Waals surface area contributed by atoms with E-state index in [1.165, 1.54) is 42.3 Å². The lowest BCUT2D eigenvalue weighted by molar-refractivity contribution is -0.0246. The third-order valence-electron chi connectivity index (χ3n) is 2.95. The predicted molar refractivity (Wildman–Crippen MR) is 51.4 cm³/mol. The van der Waals surface area contributed by atoms with Gasteiger partial charge in [-0.05, 0) is 32.1 Å². The van der Waals surface area contributed by atoms with Gasteiger partial charge in [0.05, 0.1) is 12.7 Å². The van der Waals surface area contributed by atoms with Crippen molar-refractivity contribution < 1.29 is 9.47 Å². The summed E-state index contributed by atoms with van der Waals surface area (Å²) in [6, 6.07) is 0. The number of hydrogen-bond donors (Lipinski definition) is 0. The largest absolute Gasteiger partial charge is 0.380 e. The highest BCUT2D eigenvalue weighted by atomic mass is 28.1. The minimum Gasteiger partial charge on any atom is -0.380 e. The molecule has 2 heterocycles. The van der Waals surface area contributed by atoms with Crippen molar-refractivity contribution in [2.24, 2.45) is 0 Å². The zero-order valence-electron chi connectivity index (χ0n) is 7.84. The molecule has 2 saturated heterocycles. The van der Waals surface area contributed by atoms with Crippen molar-refractivity contribution in [3.63, 3.8) is 0 Å².